The number of rotatable bonds is 15. The van der Waals surface area contributed by atoms with Crippen molar-refractivity contribution in [1.29, 1.82) is 0 Å². The van der Waals surface area contributed by atoms with Crippen LogP contribution in [0.2, 0.25) is 0 Å². The van der Waals surface area contributed by atoms with E-state index >= 15 is 0 Å². The molecular weight excluding hydrogens is 516 g/mol. The highest BCUT2D eigenvalue weighted by Crippen LogP contribution is 2.47. The monoisotopic (exact) mass is 558 g/mol. The van der Waals surface area contributed by atoms with Crippen LogP contribution in [0.15, 0.2) is 22.7 Å². The van der Waals surface area contributed by atoms with Gasteiger partial charge in [0.1, 0.15) is 5.76 Å². The number of carboxylic acids is 1. The lowest BCUT2D eigenvalue weighted by Crippen LogP contribution is -2.45. The van der Waals surface area contributed by atoms with Gasteiger partial charge in [-0.3, -0.25) is 14.5 Å². The normalized spacial score (nSPS) is 20.1. The average molecular weight is 559 g/mol. The Labute approximate surface area is 235 Å². The van der Waals surface area contributed by atoms with Gasteiger partial charge in [-0.2, -0.15) is 0 Å². The van der Waals surface area contributed by atoms with Crippen molar-refractivity contribution < 1.29 is 33.3 Å². The molecule has 11 nitrogen and oxygen atoms in total. The van der Waals surface area contributed by atoms with E-state index in [4.69, 9.17) is 24.4 Å². The van der Waals surface area contributed by atoms with Crippen LogP contribution >= 0.6 is 0 Å². The number of aromatic nitrogens is 1. The summed E-state index contributed by atoms with van der Waals surface area (Å²) < 4.78 is 22.4. The van der Waals surface area contributed by atoms with Gasteiger partial charge in [-0.25, -0.2) is 4.98 Å². The number of benzene rings is 1. The summed E-state index contributed by atoms with van der Waals surface area (Å²) in [4.78, 5) is 34.7. The SMILES string of the molecule is CCCCN(CCCCN)C(=O)CN1CC(c2cc(OC)c3c(c2)OCO3)C(C(=O)O)C1CCc1ncc(C)o1. The van der Waals surface area contributed by atoms with E-state index < -0.39 is 17.9 Å². The summed E-state index contributed by atoms with van der Waals surface area (Å²) in [6, 6.07) is 3.27. The minimum atomic E-state index is -0.907. The van der Waals surface area contributed by atoms with Crippen LogP contribution in [-0.4, -0.2) is 84.4 Å². The molecule has 4 rings (SSSR count). The van der Waals surface area contributed by atoms with Gasteiger partial charge in [0.05, 0.1) is 25.8 Å². The van der Waals surface area contributed by atoms with Gasteiger partial charge >= 0.3 is 5.97 Å². The smallest absolute Gasteiger partial charge is 0.308 e. The third-order valence-corrected chi connectivity index (χ3v) is 7.82. The second kappa shape index (κ2) is 13.8. The van der Waals surface area contributed by atoms with Crippen LogP contribution in [0.5, 0.6) is 17.2 Å². The highest BCUT2D eigenvalue weighted by Gasteiger charge is 2.47. The first-order valence-corrected chi connectivity index (χ1v) is 14.2. The molecule has 2 aliphatic rings. The predicted octanol–water partition coefficient (Wildman–Crippen LogP) is 3.19. The lowest BCUT2D eigenvalue weighted by Gasteiger charge is -2.29. The van der Waals surface area contributed by atoms with E-state index in [9.17, 15) is 14.7 Å². The molecule has 1 aromatic heterocycles. The third kappa shape index (κ3) is 6.87. The lowest BCUT2D eigenvalue weighted by atomic mass is 9.83. The molecule has 1 amide bonds. The summed E-state index contributed by atoms with van der Waals surface area (Å²) in [7, 11) is 1.55. The van der Waals surface area contributed by atoms with E-state index in [1.54, 1.807) is 13.3 Å². The number of unbranched alkanes of at least 4 members (excludes halogenated alkanes) is 2. The van der Waals surface area contributed by atoms with Gasteiger partial charge in [0, 0.05) is 38.0 Å². The first kappa shape index (κ1) is 29.7. The predicted molar refractivity (Wildman–Crippen MR) is 148 cm³/mol. The van der Waals surface area contributed by atoms with E-state index in [1.807, 2.05) is 28.9 Å². The van der Waals surface area contributed by atoms with Crippen LogP contribution in [0.4, 0.5) is 0 Å². The Morgan fingerprint density at radius 1 is 1.23 bits per heavy atom. The summed E-state index contributed by atoms with van der Waals surface area (Å²) in [5.41, 5.74) is 6.47. The fourth-order valence-corrected chi connectivity index (χ4v) is 5.77. The molecule has 3 heterocycles. The van der Waals surface area contributed by atoms with Gasteiger partial charge in [-0.1, -0.05) is 13.3 Å². The summed E-state index contributed by atoms with van der Waals surface area (Å²) in [6.45, 7) is 6.48. The van der Waals surface area contributed by atoms with Gasteiger partial charge < -0.3 is 34.4 Å². The Hall–Kier alpha value is -3.31. The van der Waals surface area contributed by atoms with E-state index in [-0.39, 0.29) is 25.2 Å². The number of aryl methyl sites for hydroxylation is 2. The second-order valence-corrected chi connectivity index (χ2v) is 10.6. The molecule has 3 unspecified atom stereocenters. The minimum absolute atomic E-state index is 0.00972. The van der Waals surface area contributed by atoms with Crippen molar-refractivity contribution >= 4 is 11.9 Å². The number of carboxylic acid groups (broad SMARTS) is 1. The average Bonchev–Trinajstić information content (AvgIpc) is 3.67. The largest absolute Gasteiger partial charge is 0.493 e. The lowest BCUT2D eigenvalue weighted by molar-refractivity contribution is -0.143. The zero-order chi connectivity index (χ0) is 28.6. The topological polar surface area (TPSA) is 141 Å². The van der Waals surface area contributed by atoms with Gasteiger partial charge in [0.25, 0.3) is 0 Å². The second-order valence-electron chi connectivity index (χ2n) is 10.6. The number of amides is 1. The number of likely N-dealkylation sites (tertiary alicyclic amines) is 1. The standard InChI is InChI=1S/C29H42N4O7/c1-4-5-11-32(12-7-6-10-30)26(34)17-33-16-21(20-13-23(37-3)28-24(14-20)38-18-39-28)27(29(35)36)22(33)8-9-25-31-15-19(2)40-25/h13-15,21-22,27H,4-12,16-18,30H2,1-3H3,(H,35,36). The number of ether oxygens (including phenoxy) is 3. The Kier molecular flexibility index (Phi) is 10.3. The molecule has 3 N–H and O–H groups in total. The molecule has 40 heavy (non-hydrogen) atoms. The van der Waals surface area contributed by atoms with Gasteiger partial charge in [-0.05, 0) is 56.8 Å². The fourth-order valence-electron chi connectivity index (χ4n) is 5.77. The molecule has 2 aliphatic heterocycles. The molecule has 0 aliphatic carbocycles. The molecule has 0 spiro atoms. The van der Waals surface area contributed by atoms with E-state index in [1.165, 1.54) is 0 Å². The highest BCUT2D eigenvalue weighted by molar-refractivity contribution is 5.79. The van der Waals surface area contributed by atoms with Gasteiger partial charge in [0.2, 0.25) is 18.4 Å². The maximum absolute atomic E-state index is 13.6. The summed E-state index contributed by atoms with van der Waals surface area (Å²) >= 11 is 0. The number of hydrogen-bond acceptors (Lipinski definition) is 9. The maximum atomic E-state index is 13.6. The number of oxazole rings is 1. The quantitative estimate of drug-likeness (QED) is 0.313. The Bertz CT molecular complexity index is 1150. The number of methoxy groups -OCH3 is 1. The zero-order valence-corrected chi connectivity index (χ0v) is 23.8. The van der Waals surface area contributed by atoms with Crippen LogP contribution in [0.1, 0.15) is 62.2 Å². The number of hydrogen-bond donors (Lipinski definition) is 2. The summed E-state index contributed by atoms with van der Waals surface area (Å²) in [6.07, 6.45) is 6.22. The van der Waals surface area contributed by atoms with E-state index in [0.717, 1.165) is 31.2 Å². The minimum Gasteiger partial charge on any atom is -0.493 e. The van der Waals surface area contributed by atoms with Crippen molar-refractivity contribution in [3.63, 3.8) is 0 Å². The number of nitrogens with two attached hydrogens (primary N) is 1. The molecule has 2 aromatic rings. The molecule has 1 fully saturated rings. The number of carbonyl (C=O) groups is 2. The summed E-state index contributed by atoms with van der Waals surface area (Å²) in [5, 5.41) is 10.5. The van der Waals surface area contributed by atoms with Crippen LogP contribution in [0, 0.1) is 12.8 Å². The molecule has 0 saturated carbocycles. The van der Waals surface area contributed by atoms with Crippen LogP contribution in [0.3, 0.4) is 0 Å². The van der Waals surface area contributed by atoms with Gasteiger partial charge in [-0.15, -0.1) is 0 Å². The van der Waals surface area contributed by atoms with E-state index in [0.29, 0.717) is 67.9 Å². The van der Waals surface area contributed by atoms with Crippen molar-refractivity contribution in [2.24, 2.45) is 11.7 Å². The van der Waals surface area contributed by atoms with Crippen LogP contribution < -0.4 is 19.9 Å². The van der Waals surface area contributed by atoms with Crippen molar-refractivity contribution in [2.45, 2.75) is 64.3 Å². The van der Waals surface area contributed by atoms with Crippen molar-refractivity contribution in [3.8, 4) is 17.2 Å². The number of carbonyl (C=O) groups excluding carboxylic acids is 1. The third-order valence-electron chi connectivity index (χ3n) is 7.82. The van der Waals surface area contributed by atoms with Gasteiger partial charge in [0.15, 0.2) is 17.4 Å². The first-order chi connectivity index (χ1) is 19.4. The molecule has 0 bridgehead atoms. The van der Waals surface area contributed by atoms with E-state index in [2.05, 4.69) is 11.9 Å². The summed E-state index contributed by atoms with van der Waals surface area (Å²) in [5.74, 6) is 0.785. The molecule has 11 heteroatoms. The Balaban J connectivity index is 1.62. The number of nitrogens with zero attached hydrogens (tertiary/aromatic N) is 3. The first-order valence-electron chi connectivity index (χ1n) is 14.2. The van der Waals surface area contributed by atoms with Crippen molar-refractivity contribution in [1.82, 2.24) is 14.8 Å². The highest BCUT2D eigenvalue weighted by atomic mass is 16.7. The number of aliphatic carboxylic acids is 1. The molecule has 1 aromatic carbocycles. The van der Waals surface area contributed by atoms with Crippen LogP contribution in [-0.2, 0) is 16.0 Å². The Morgan fingerprint density at radius 3 is 2.70 bits per heavy atom. The van der Waals surface area contributed by atoms with Crippen LogP contribution in [0.25, 0.3) is 0 Å². The zero-order valence-electron chi connectivity index (χ0n) is 23.8. The molecule has 220 valence electrons. The molecule has 3 atom stereocenters. The maximum Gasteiger partial charge on any atom is 0.308 e. The fraction of sp³-hybridized carbons (Fsp3) is 0.621. The molecular formula is C29H42N4O7. The molecule has 0 radical (unpaired) electrons. The molecule has 1 saturated heterocycles. The van der Waals surface area contributed by atoms with Crippen molar-refractivity contribution in [2.75, 3.05) is 46.6 Å². The van der Waals surface area contributed by atoms with Crippen molar-refractivity contribution in [3.05, 3.63) is 35.5 Å². The number of fused-ring (bicyclic) bond motifs is 1. The Morgan fingerprint density at radius 2 is 2.02 bits per heavy atom.